The molecule has 0 radical (unpaired) electrons. The Morgan fingerprint density at radius 1 is 1.02 bits per heavy atom. The van der Waals surface area contributed by atoms with Gasteiger partial charge in [0, 0.05) is 35.2 Å². The zero-order valence-corrected chi connectivity index (χ0v) is 25.2. The van der Waals surface area contributed by atoms with Crippen molar-refractivity contribution in [1.29, 1.82) is 0 Å². The van der Waals surface area contributed by atoms with Gasteiger partial charge in [-0.3, -0.25) is 14.2 Å². The van der Waals surface area contributed by atoms with Gasteiger partial charge in [-0.15, -0.1) is 0 Å². The maximum atomic E-state index is 14.1. The molecule has 1 aliphatic heterocycles. The molecule has 5 rings (SSSR count). The van der Waals surface area contributed by atoms with Crippen LogP contribution in [0, 0.1) is 20.8 Å². The van der Waals surface area contributed by atoms with Gasteiger partial charge in [0.25, 0.3) is 11.5 Å². The van der Waals surface area contributed by atoms with Crippen LogP contribution in [-0.2, 0) is 4.79 Å². The van der Waals surface area contributed by atoms with Gasteiger partial charge in [0.05, 0.1) is 21.8 Å². The third kappa shape index (κ3) is 4.88. The fourth-order valence-electron chi connectivity index (χ4n) is 5.40. The molecule has 206 valence electrons. The second kappa shape index (κ2) is 11.1. The zero-order chi connectivity index (χ0) is 28.7. The molecule has 0 fully saturated rings. The summed E-state index contributed by atoms with van der Waals surface area (Å²) in [4.78, 5) is 34.9. The lowest BCUT2D eigenvalue weighted by atomic mass is 9.94. The Labute approximate surface area is 243 Å². The van der Waals surface area contributed by atoms with E-state index in [0.717, 1.165) is 28.2 Å². The Balaban J connectivity index is 1.69. The molecule has 1 amide bonds. The first-order valence-corrected chi connectivity index (χ1v) is 14.7. The van der Waals surface area contributed by atoms with Crippen molar-refractivity contribution >= 4 is 34.9 Å². The van der Waals surface area contributed by atoms with Crippen molar-refractivity contribution in [2.45, 2.75) is 47.6 Å². The quantitative estimate of drug-likeness (QED) is 0.307. The first-order valence-electron chi connectivity index (χ1n) is 13.5. The molecule has 0 bridgehead atoms. The molecule has 6 nitrogen and oxygen atoms in total. The molecule has 1 aliphatic rings. The maximum Gasteiger partial charge on any atom is 0.271 e. The fraction of sp³-hybridized carbons (Fsp3) is 0.281. The predicted octanol–water partition coefficient (Wildman–Crippen LogP) is 5.47. The fourth-order valence-corrected chi connectivity index (χ4v) is 6.57. The molecule has 1 atom stereocenters. The summed E-state index contributed by atoms with van der Waals surface area (Å²) >= 11 is 7.55. The van der Waals surface area contributed by atoms with Crippen LogP contribution >= 0.6 is 22.9 Å². The Bertz CT molecular complexity index is 1800. The van der Waals surface area contributed by atoms with E-state index in [2.05, 4.69) is 55.7 Å². The maximum absolute atomic E-state index is 14.1. The van der Waals surface area contributed by atoms with Crippen LogP contribution in [0.4, 0.5) is 0 Å². The number of carbonyl (C=O) groups excluding carboxylic acids is 1. The standard InChI is InChI=1S/C32H33ClN4O2S/c1-7-35(8-2)31(39)28-21(5)34-32-37(29(28)23-11-13-25(33)14-12-23)30(38)27(40-32)18-24-17-20(4)36(22(24)6)26-15-9-19(3)10-16-26/h9-18,29H,7-8H2,1-6H3/b27-18+/t29-/m0/s1. The number of hydrogen-bond donors (Lipinski definition) is 0. The van der Waals surface area contributed by atoms with Crippen molar-refractivity contribution in [3.05, 3.63) is 119 Å². The van der Waals surface area contributed by atoms with Gasteiger partial charge in [-0.2, -0.15) is 0 Å². The second-order valence-corrected chi connectivity index (χ2v) is 11.6. The SMILES string of the molecule is CCN(CC)C(=O)C1=C(C)N=c2s/c(=C/c3cc(C)n(-c4ccc(C)cc4)c3C)c(=O)n2[C@H]1c1ccc(Cl)cc1. The van der Waals surface area contributed by atoms with E-state index in [9.17, 15) is 9.59 Å². The summed E-state index contributed by atoms with van der Waals surface area (Å²) in [6.45, 7) is 13.1. The predicted molar refractivity (Wildman–Crippen MR) is 163 cm³/mol. The third-order valence-corrected chi connectivity index (χ3v) is 8.77. The summed E-state index contributed by atoms with van der Waals surface area (Å²) in [7, 11) is 0. The molecule has 0 N–H and O–H groups in total. The van der Waals surface area contributed by atoms with Gasteiger partial charge in [0.15, 0.2) is 4.80 Å². The lowest BCUT2D eigenvalue weighted by molar-refractivity contribution is -0.127. The zero-order valence-electron chi connectivity index (χ0n) is 23.7. The number of nitrogens with zero attached hydrogens (tertiary/aromatic N) is 4. The molecular formula is C32H33ClN4O2S. The summed E-state index contributed by atoms with van der Waals surface area (Å²) in [5.41, 5.74) is 7.20. The Kier molecular flexibility index (Phi) is 7.71. The molecule has 40 heavy (non-hydrogen) atoms. The number of fused-ring (bicyclic) bond motifs is 1. The molecule has 0 aliphatic carbocycles. The van der Waals surface area contributed by atoms with Crippen LogP contribution in [0.1, 0.15) is 54.9 Å². The van der Waals surface area contributed by atoms with Crippen LogP contribution in [0.3, 0.4) is 0 Å². The van der Waals surface area contributed by atoms with E-state index in [1.54, 1.807) is 21.6 Å². The highest BCUT2D eigenvalue weighted by atomic mass is 35.5. The monoisotopic (exact) mass is 572 g/mol. The number of allylic oxidation sites excluding steroid dienone is 1. The van der Waals surface area contributed by atoms with Gasteiger partial charge in [0.1, 0.15) is 0 Å². The number of halogens is 1. The Morgan fingerprint density at radius 2 is 1.68 bits per heavy atom. The first kappa shape index (κ1) is 27.9. The van der Waals surface area contributed by atoms with E-state index in [-0.39, 0.29) is 11.5 Å². The first-order chi connectivity index (χ1) is 19.1. The van der Waals surface area contributed by atoms with Gasteiger partial charge < -0.3 is 9.47 Å². The number of aromatic nitrogens is 2. The Hall–Kier alpha value is -3.68. The summed E-state index contributed by atoms with van der Waals surface area (Å²) in [6, 6.07) is 17.3. The van der Waals surface area contributed by atoms with Gasteiger partial charge >= 0.3 is 0 Å². The van der Waals surface area contributed by atoms with Crippen molar-refractivity contribution in [3.63, 3.8) is 0 Å². The van der Waals surface area contributed by atoms with E-state index in [4.69, 9.17) is 16.6 Å². The van der Waals surface area contributed by atoms with Crippen molar-refractivity contribution in [2.75, 3.05) is 13.1 Å². The van der Waals surface area contributed by atoms with Gasteiger partial charge in [-0.05, 0) is 89.1 Å². The van der Waals surface area contributed by atoms with E-state index in [1.165, 1.54) is 16.9 Å². The van der Waals surface area contributed by atoms with Crippen molar-refractivity contribution < 1.29 is 4.79 Å². The average molecular weight is 573 g/mol. The number of amides is 1. The largest absolute Gasteiger partial charge is 0.339 e. The molecule has 0 saturated carbocycles. The average Bonchev–Trinajstić information content (AvgIpc) is 3.39. The summed E-state index contributed by atoms with van der Waals surface area (Å²) < 4.78 is 4.44. The van der Waals surface area contributed by atoms with E-state index >= 15 is 0 Å². The molecule has 0 saturated heterocycles. The van der Waals surface area contributed by atoms with Crippen LogP contribution in [0.15, 0.2) is 75.7 Å². The van der Waals surface area contributed by atoms with Gasteiger partial charge in [-0.25, -0.2) is 4.99 Å². The lowest BCUT2D eigenvalue weighted by Gasteiger charge is -2.29. The number of aryl methyl sites for hydroxylation is 2. The number of thiazole rings is 1. The van der Waals surface area contributed by atoms with Crippen LogP contribution in [0.5, 0.6) is 0 Å². The summed E-state index contributed by atoms with van der Waals surface area (Å²) in [5.74, 6) is -0.109. The smallest absolute Gasteiger partial charge is 0.271 e. The second-order valence-electron chi connectivity index (χ2n) is 10.1. The minimum atomic E-state index is -0.594. The van der Waals surface area contributed by atoms with E-state index in [1.807, 2.05) is 39.0 Å². The molecule has 3 heterocycles. The molecule has 8 heteroatoms. The number of rotatable bonds is 6. The molecule has 2 aromatic carbocycles. The lowest BCUT2D eigenvalue weighted by Crippen LogP contribution is -2.43. The third-order valence-electron chi connectivity index (χ3n) is 7.54. The molecular weight excluding hydrogens is 540 g/mol. The topological polar surface area (TPSA) is 59.6 Å². The van der Waals surface area contributed by atoms with Gasteiger partial charge in [0.2, 0.25) is 0 Å². The number of hydrogen-bond acceptors (Lipinski definition) is 4. The molecule has 0 unspecified atom stereocenters. The van der Waals surface area contributed by atoms with Crippen LogP contribution in [-0.4, -0.2) is 33.0 Å². The highest BCUT2D eigenvalue weighted by Crippen LogP contribution is 2.32. The number of likely N-dealkylation sites (N-methyl/N-ethyl adjacent to an activating group) is 1. The van der Waals surface area contributed by atoms with Crippen molar-refractivity contribution in [3.8, 4) is 5.69 Å². The van der Waals surface area contributed by atoms with Crippen LogP contribution in [0.2, 0.25) is 5.02 Å². The molecule has 2 aromatic heterocycles. The highest BCUT2D eigenvalue weighted by molar-refractivity contribution is 7.07. The van der Waals surface area contributed by atoms with E-state index < -0.39 is 6.04 Å². The number of carbonyl (C=O) groups is 1. The van der Waals surface area contributed by atoms with Gasteiger partial charge in [-0.1, -0.05) is 52.8 Å². The van der Waals surface area contributed by atoms with Crippen molar-refractivity contribution in [2.24, 2.45) is 4.99 Å². The van der Waals surface area contributed by atoms with E-state index in [0.29, 0.717) is 38.7 Å². The minimum absolute atomic E-state index is 0.109. The summed E-state index contributed by atoms with van der Waals surface area (Å²) in [5, 5.41) is 0.595. The highest BCUT2D eigenvalue weighted by Gasteiger charge is 2.34. The van der Waals surface area contributed by atoms with Crippen molar-refractivity contribution in [1.82, 2.24) is 14.0 Å². The van der Waals surface area contributed by atoms with Crippen LogP contribution in [0.25, 0.3) is 11.8 Å². The molecule has 0 spiro atoms. The Morgan fingerprint density at radius 3 is 2.30 bits per heavy atom. The summed E-state index contributed by atoms with van der Waals surface area (Å²) in [6.07, 6.45) is 1.95. The van der Waals surface area contributed by atoms with Crippen LogP contribution < -0.4 is 14.9 Å². The normalized spacial score (nSPS) is 15.3. The number of benzene rings is 2. The molecule has 4 aromatic rings. The minimum Gasteiger partial charge on any atom is -0.339 e.